The first-order valence-corrected chi connectivity index (χ1v) is 14.6. The number of hydrogen-bond acceptors (Lipinski definition) is 8. The van der Waals surface area contributed by atoms with Gasteiger partial charge >= 0.3 is 0 Å². The van der Waals surface area contributed by atoms with Gasteiger partial charge in [-0.25, -0.2) is 8.42 Å². The predicted molar refractivity (Wildman–Crippen MR) is 156 cm³/mol. The van der Waals surface area contributed by atoms with Gasteiger partial charge in [0.1, 0.15) is 5.37 Å². The third-order valence-electron chi connectivity index (χ3n) is 6.78. The van der Waals surface area contributed by atoms with E-state index in [2.05, 4.69) is 26.8 Å². The number of sulfone groups is 1. The van der Waals surface area contributed by atoms with Crippen molar-refractivity contribution < 1.29 is 18.3 Å². The largest absolute Gasteiger partial charge is 0.494 e. The molecule has 1 aromatic carbocycles. The number of nitrogens with one attached hydrogen (secondary N) is 2. The van der Waals surface area contributed by atoms with Gasteiger partial charge in [0.2, 0.25) is 0 Å². The molecule has 4 aromatic rings. The zero-order valence-electron chi connectivity index (χ0n) is 21.3. The van der Waals surface area contributed by atoms with E-state index < -0.39 is 15.2 Å². The van der Waals surface area contributed by atoms with Crippen LogP contribution in [0.15, 0.2) is 71.6 Å². The molecule has 1 atom stereocenters. The fourth-order valence-electron chi connectivity index (χ4n) is 4.65. The van der Waals surface area contributed by atoms with Crippen LogP contribution in [0.5, 0.6) is 5.88 Å². The zero-order chi connectivity index (χ0) is 26.9. The second-order valence-electron chi connectivity index (χ2n) is 9.26. The van der Waals surface area contributed by atoms with Crippen molar-refractivity contribution in [1.82, 2.24) is 25.1 Å². The third kappa shape index (κ3) is 5.87. The molecule has 1 aliphatic heterocycles. The minimum Gasteiger partial charge on any atom is -0.494 e. The summed E-state index contributed by atoms with van der Waals surface area (Å²) in [7, 11) is -1.73. The van der Waals surface area contributed by atoms with Crippen LogP contribution in [-0.4, -0.2) is 77.8 Å². The number of nitrogens with zero attached hydrogens (tertiary/aromatic N) is 3. The van der Waals surface area contributed by atoms with E-state index >= 15 is 0 Å². The molecule has 3 aromatic heterocycles. The smallest absolute Gasteiger partial charge is 0.251 e. The molecule has 12 heteroatoms. The second kappa shape index (κ2) is 11.9. The summed E-state index contributed by atoms with van der Waals surface area (Å²) in [5.74, 6) is -0.346. The maximum Gasteiger partial charge on any atom is 0.251 e. The Kier molecular flexibility index (Phi) is 8.77. The Morgan fingerprint density at radius 3 is 2.64 bits per heavy atom. The standard InChI is InChI=1S/C27H29N5O4S2.ClH/c1-3-24(32-12-10-31(2)11-13-32)38(35,36)20-7-9-23(28-17-20)25-21-15-18(6-8-22(21)30-27(25)34)26(33)29-16-19-5-4-14-37-19;/h3-9,14-15,17,24,30,34H,1,10-13,16H2,2H3,(H,29,33);1H. The van der Waals surface area contributed by atoms with E-state index in [1.54, 1.807) is 35.6 Å². The summed E-state index contributed by atoms with van der Waals surface area (Å²) in [5, 5.41) is 15.3. The lowest BCUT2D eigenvalue weighted by molar-refractivity contribution is 0.0951. The van der Waals surface area contributed by atoms with Crippen molar-refractivity contribution in [2.75, 3.05) is 33.2 Å². The van der Waals surface area contributed by atoms with Gasteiger partial charge < -0.3 is 20.3 Å². The molecule has 0 saturated carbocycles. The normalized spacial score (nSPS) is 15.5. The van der Waals surface area contributed by atoms with Gasteiger partial charge in [-0.05, 0) is 48.8 Å². The van der Waals surface area contributed by atoms with Gasteiger partial charge in [-0.2, -0.15) is 0 Å². The van der Waals surface area contributed by atoms with E-state index in [0.717, 1.165) is 18.0 Å². The highest BCUT2D eigenvalue weighted by Gasteiger charge is 2.32. The van der Waals surface area contributed by atoms with E-state index in [-0.39, 0.29) is 29.1 Å². The molecule has 0 bridgehead atoms. The number of fused-ring (bicyclic) bond motifs is 1. The van der Waals surface area contributed by atoms with Crippen molar-refractivity contribution in [3.05, 3.63) is 77.1 Å². The van der Waals surface area contributed by atoms with Gasteiger partial charge in [-0.15, -0.1) is 30.3 Å². The molecule has 0 radical (unpaired) electrons. The number of piperazine rings is 1. The average molecular weight is 588 g/mol. The van der Waals surface area contributed by atoms with Crippen molar-refractivity contribution in [2.45, 2.75) is 16.8 Å². The van der Waals surface area contributed by atoms with Gasteiger partial charge in [0, 0.05) is 53.7 Å². The lowest BCUT2D eigenvalue weighted by atomic mass is 10.1. The van der Waals surface area contributed by atoms with Crippen molar-refractivity contribution in [1.29, 1.82) is 0 Å². The molecular weight excluding hydrogens is 558 g/mol. The molecule has 9 nitrogen and oxygen atoms in total. The Balaban J connectivity index is 0.00000353. The number of pyridine rings is 1. The molecule has 1 aliphatic rings. The topological polar surface area (TPSA) is 119 Å². The van der Waals surface area contributed by atoms with E-state index in [0.29, 0.717) is 47.4 Å². The van der Waals surface area contributed by atoms with Crippen LogP contribution >= 0.6 is 23.7 Å². The van der Waals surface area contributed by atoms with Gasteiger partial charge in [-0.3, -0.25) is 14.7 Å². The van der Waals surface area contributed by atoms with Crippen molar-refractivity contribution in [2.24, 2.45) is 0 Å². The molecule has 4 heterocycles. The highest BCUT2D eigenvalue weighted by atomic mass is 35.5. The number of thiophene rings is 1. The van der Waals surface area contributed by atoms with Crippen LogP contribution in [0.1, 0.15) is 15.2 Å². The van der Waals surface area contributed by atoms with Crippen LogP contribution in [0.3, 0.4) is 0 Å². The Labute approximate surface area is 237 Å². The zero-order valence-corrected chi connectivity index (χ0v) is 23.8. The SMILES string of the molecule is C=CC(N1CCN(C)CC1)S(=O)(=O)c1ccc(-c2c(O)[nH]c3ccc(C(=O)NCc4cccs4)cc23)nc1.Cl. The summed E-state index contributed by atoms with van der Waals surface area (Å²) in [5.41, 5.74) is 1.86. The molecule has 1 amide bonds. The fourth-order valence-corrected chi connectivity index (χ4v) is 6.88. The van der Waals surface area contributed by atoms with Crippen LogP contribution in [-0.2, 0) is 16.4 Å². The molecule has 206 valence electrons. The van der Waals surface area contributed by atoms with E-state index in [1.165, 1.54) is 18.3 Å². The minimum atomic E-state index is -3.74. The van der Waals surface area contributed by atoms with Gasteiger partial charge in [0.05, 0.1) is 22.7 Å². The van der Waals surface area contributed by atoms with Gasteiger partial charge in [0.25, 0.3) is 5.91 Å². The first-order chi connectivity index (χ1) is 18.3. The molecule has 0 aliphatic carbocycles. The monoisotopic (exact) mass is 587 g/mol. The van der Waals surface area contributed by atoms with Crippen molar-refractivity contribution in [3.8, 4) is 17.1 Å². The highest BCUT2D eigenvalue weighted by molar-refractivity contribution is 7.92. The predicted octanol–water partition coefficient (Wildman–Crippen LogP) is 3.88. The molecule has 5 rings (SSSR count). The first kappa shape index (κ1) is 28.8. The van der Waals surface area contributed by atoms with E-state index in [9.17, 15) is 18.3 Å². The molecule has 1 fully saturated rings. The summed E-state index contributed by atoms with van der Waals surface area (Å²) in [6, 6.07) is 12.1. The molecule has 1 unspecified atom stereocenters. The van der Waals surface area contributed by atoms with Crippen LogP contribution in [0.25, 0.3) is 22.2 Å². The summed E-state index contributed by atoms with van der Waals surface area (Å²) >= 11 is 1.57. The van der Waals surface area contributed by atoms with Crippen LogP contribution in [0.4, 0.5) is 0 Å². The Hall–Kier alpha value is -3.22. The number of carbonyl (C=O) groups excluding carboxylic acids is 1. The van der Waals surface area contributed by atoms with E-state index in [1.807, 2.05) is 29.5 Å². The minimum absolute atomic E-state index is 0. The summed E-state index contributed by atoms with van der Waals surface area (Å²) in [4.78, 5) is 25.3. The number of benzene rings is 1. The van der Waals surface area contributed by atoms with Crippen LogP contribution in [0, 0.1) is 0 Å². The number of hydrogen-bond donors (Lipinski definition) is 3. The number of halogens is 1. The third-order valence-corrected chi connectivity index (χ3v) is 9.68. The van der Waals surface area contributed by atoms with Crippen LogP contribution in [0.2, 0.25) is 0 Å². The Morgan fingerprint density at radius 1 is 1.23 bits per heavy atom. The molecule has 39 heavy (non-hydrogen) atoms. The maximum absolute atomic E-state index is 13.4. The Morgan fingerprint density at radius 2 is 2.00 bits per heavy atom. The van der Waals surface area contributed by atoms with Gasteiger partial charge in [-0.1, -0.05) is 12.1 Å². The molecule has 1 saturated heterocycles. The lowest BCUT2D eigenvalue weighted by Crippen LogP contribution is -2.50. The summed E-state index contributed by atoms with van der Waals surface area (Å²) < 4.78 is 26.8. The average Bonchev–Trinajstić information content (AvgIpc) is 3.55. The van der Waals surface area contributed by atoms with Crippen molar-refractivity contribution >= 4 is 50.4 Å². The number of amides is 1. The number of aromatic amines is 1. The second-order valence-corrected chi connectivity index (χ2v) is 12.3. The summed E-state index contributed by atoms with van der Waals surface area (Å²) in [6.45, 7) is 7.03. The lowest BCUT2D eigenvalue weighted by Gasteiger charge is -2.36. The van der Waals surface area contributed by atoms with Gasteiger partial charge in [0.15, 0.2) is 15.7 Å². The number of carbonyl (C=O) groups is 1. The molecule has 3 N–H and O–H groups in total. The van der Waals surface area contributed by atoms with Crippen molar-refractivity contribution in [3.63, 3.8) is 0 Å². The van der Waals surface area contributed by atoms with Crippen LogP contribution < -0.4 is 5.32 Å². The number of aromatic nitrogens is 2. The molecule has 0 spiro atoms. The Bertz CT molecular complexity index is 1560. The van der Waals surface area contributed by atoms with E-state index in [4.69, 9.17) is 0 Å². The fraction of sp³-hybridized carbons (Fsp3) is 0.259. The maximum atomic E-state index is 13.4. The number of H-pyrrole nitrogens is 1. The number of rotatable bonds is 8. The number of aromatic hydroxyl groups is 1. The first-order valence-electron chi connectivity index (χ1n) is 12.2. The quantitative estimate of drug-likeness (QED) is 0.268. The number of likely N-dealkylation sites (N-methyl/N-ethyl adjacent to an activating group) is 1. The molecular formula is C27H30ClN5O4S2. The highest BCUT2D eigenvalue weighted by Crippen LogP contribution is 2.36. The summed E-state index contributed by atoms with van der Waals surface area (Å²) in [6.07, 6.45) is 2.78.